The molecule has 4 unspecified atom stereocenters. The minimum atomic E-state index is -5.76. The van der Waals surface area contributed by atoms with Gasteiger partial charge in [0.25, 0.3) is 5.91 Å². The Bertz CT molecular complexity index is 3030. The number of nitrogens with one attached hydrogen (secondary N) is 2. The fraction of sp³-hybridized carbons (Fsp3) is 0.500. The smallest absolute Gasteiger partial charge is 0.490 e. The molecular weight excluding hydrogens is 1180 g/mol. The normalized spacial score (nSPS) is 20.0. The average Bonchev–Trinajstić information content (AvgIpc) is 3.95. The maximum atomic E-state index is 13.1. The number of nitrogens with two attached hydrogens (primary N) is 1. The molecular formula is C48H65N8O17P3S4. The van der Waals surface area contributed by atoms with Crippen molar-refractivity contribution in [2.24, 2.45) is 10.2 Å². The molecule has 1 saturated heterocycles. The SMILES string of the molecule is CC(C)(C)SSCOC1C[C@H](n2cc(C#CCOCSSC(C)(C)CNC(=O)c3ccc(/N=N/c4cc(CCNC(=O)OC5CC/C=C/CCC5)ccc4O)cc3)c3c(N)ncnc32)O[C@@H]1COP(=O)(O)OP(=O)(O)OP(=O)(O)O. The molecule has 438 valence electrons. The number of anilines is 1. The van der Waals surface area contributed by atoms with Crippen molar-refractivity contribution < 1.29 is 80.1 Å². The number of phenols is 1. The molecule has 2 aromatic carbocycles. The van der Waals surface area contributed by atoms with Gasteiger partial charge in [-0.05, 0) is 94.3 Å². The van der Waals surface area contributed by atoms with Gasteiger partial charge in [0.05, 0.1) is 29.3 Å². The highest BCUT2D eigenvalue weighted by Gasteiger charge is 2.44. The number of carbonyl (C=O) groups is 2. The van der Waals surface area contributed by atoms with Crippen LogP contribution in [0.1, 0.15) is 101 Å². The molecule has 2 aliphatic rings. The molecule has 0 saturated carbocycles. The van der Waals surface area contributed by atoms with Crippen LogP contribution in [0.3, 0.4) is 0 Å². The Balaban J connectivity index is 0.954. The van der Waals surface area contributed by atoms with Crippen molar-refractivity contribution in [3.63, 3.8) is 0 Å². The highest BCUT2D eigenvalue weighted by molar-refractivity contribution is 8.77. The van der Waals surface area contributed by atoms with Crippen LogP contribution in [0.15, 0.2) is 77.4 Å². The van der Waals surface area contributed by atoms with E-state index in [0.29, 0.717) is 47.4 Å². The summed E-state index contributed by atoms with van der Waals surface area (Å²) in [6.45, 7) is 10.0. The summed E-state index contributed by atoms with van der Waals surface area (Å²) < 4.78 is 73.1. The van der Waals surface area contributed by atoms with Crippen molar-refractivity contribution in [1.82, 2.24) is 25.2 Å². The number of benzene rings is 2. The Kier molecular flexibility index (Phi) is 24.4. The van der Waals surface area contributed by atoms with E-state index in [1.54, 1.807) is 58.0 Å². The number of rotatable bonds is 26. The molecule has 1 fully saturated rings. The molecule has 6 atom stereocenters. The van der Waals surface area contributed by atoms with Crippen LogP contribution in [0.2, 0.25) is 0 Å². The quantitative estimate of drug-likeness (QED) is 0.00551. The van der Waals surface area contributed by atoms with E-state index >= 15 is 0 Å². The third-order valence-corrected chi connectivity index (χ3v) is 21.0. The van der Waals surface area contributed by atoms with Gasteiger partial charge in [-0.2, -0.15) is 13.7 Å². The lowest BCUT2D eigenvalue weighted by atomic mass is 10.0. The number of aromatic hydroxyl groups is 1. The van der Waals surface area contributed by atoms with Gasteiger partial charge in [0.15, 0.2) is 0 Å². The minimum Gasteiger partial charge on any atom is -0.506 e. The lowest BCUT2D eigenvalue weighted by Gasteiger charge is -2.23. The summed E-state index contributed by atoms with van der Waals surface area (Å²) in [4.78, 5) is 71.6. The van der Waals surface area contributed by atoms with Gasteiger partial charge < -0.3 is 64.6 Å². The molecule has 6 rings (SSSR count). The Hall–Kier alpha value is -4.01. The highest BCUT2D eigenvalue weighted by atomic mass is 33.1. The summed E-state index contributed by atoms with van der Waals surface area (Å²) in [5, 5.41) is 25.1. The maximum absolute atomic E-state index is 13.1. The first kappa shape index (κ1) is 65.1. The Labute approximate surface area is 478 Å². The second kappa shape index (κ2) is 30.0. The number of azo groups is 1. The van der Waals surface area contributed by atoms with Crippen LogP contribution in [0.5, 0.6) is 5.75 Å². The van der Waals surface area contributed by atoms with E-state index in [0.717, 1.165) is 37.7 Å². The van der Waals surface area contributed by atoms with Gasteiger partial charge in [0.1, 0.15) is 66.1 Å². The largest absolute Gasteiger partial charge is 0.506 e. The molecule has 4 aromatic rings. The molecule has 2 aromatic heterocycles. The van der Waals surface area contributed by atoms with Gasteiger partial charge in [-0.25, -0.2) is 28.5 Å². The number of allylic oxidation sites excluding steroid dienone is 2. The number of nitrogen functional groups attached to an aromatic ring is 1. The first-order valence-electron chi connectivity index (χ1n) is 24.8. The van der Waals surface area contributed by atoms with Crippen molar-refractivity contribution in [3.8, 4) is 17.6 Å². The first-order valence-corrected chi connectivity index (χ1v) is 34.0. The zero-order chi connectivity index (χ0) is 58.1. The van der Waals surface area contributed by atoms with Gasteiger partial charge in [-0.3, -0.25) is 9.32 Å². The molecule has 0 spiro atoms. The number of hydrogen-bond acceptors (Lipinski definition) is 22. The fourth-order valence-electron chi connectivity index (χ4n) is 7.61. The standard InChI is InChI=1S/C48H65N8O17P3S4/c1-47(2,3)79-78-31-68-39-25-41(71-40(39)27-69-75(63,64)73-76(65,66)72-74(60,61)62)56-26-34(42-43(49)52-29-53-44(42)56)12-11-23-67-30-77-80-48(4,5)28-51-45(58)33-16-18-35(19-17-33)54-55-37-24-32(15-20-38(37)57)21-22-50-46(59)70-36-13-9-7-6-8-10-14-36/h6-7,15-20,24,26,29,36,39-41,57H,8-10,13-14,21-23,25,27-28,30-31H2,1-5H3,(H,50,59)(H,51,58)(H,63,64)(H,65,66)(H2,49,52,53)(H2,60,61,62)/b7-6+,55-54+/t36?,39?,40-,41-/m1/s1. The third-order valence-electron chi connectivity index (χ3n) is 11.2. The van der Waals surface area contributed by atoms with Crippen LogP contribution in [-0.4, -0.2) is 117 Å². The summed E-state index contributed by atoms with van der Waals surface area (Å²) in [7, 11) is -10.9. The number of phosphoric ester groups is 1. The molecule has 9 N–H and O–H groups in total. The highest BCUT2D eigenvalue weighted by Crippen LogP contribution is 2.66. The number of hydrogen-bond donors (Lipinski definition) is 8. The van der Waals surface area contributed by atoms with Crippen molar-refractivity contribution in [1.29, 1.82) is 0 Å². The molecule has 3 heterocycles. The maximum Gasteiger partial charge on any atom is 0.490 e. The number of carbonyl (C=O) groups excluding carboxylic acids is 2. The number of nitrogens with zero attached hydrogens (tertiary/aromatic N) is 5. The van der Waals surface area contributed by atoms with E-state index < -0.39 is 59.4 Å². The van der Waals surface area contributed by atoms with Gasteiger partial charge in [-0.1, -0.05) is 94.0 Å². The molecule has 1 aliphatic carbocycles. The third kappa shape index (κ3) is 22.3. The molecule has 25 nitrogen and oxygen atoms in total. The summed E-state index contributed by atoms with van der Waals surface area (Å²) >= 11 is 0. The van der Waals surface area contributed by atoms with Gasteiger partial charge in [0, 0.05) is 40.8 Å². The predicted octanol–water partition coefficient (Wildman–Crippen LogP) is 10.4. The van der Waals surface area contributed by atoms with E-state index in [1.807, 2.05) is 34.6 Å². The van der Waals surface area contributed by atoms with E-state index in [9.17, 15) is 38.2 Å². The first-order chi connectivity index (χ1) is 37.7. The Morgan fingerprint density at radius 2 is 1.68 bits per heavy atom. The second-order valence-corrected chi connectivity index (χ2v) is 29.9. The minimum absolute atomic E-state index is 0.0346. The number of phenolic OH excluding ortho intramolecular Hbond substituents is 1. The summed E-state index contributed by atoms with van der Waals surface area (Å²) in [5.74, 6) is 6.26. The van der Waals surface area contributed by atoms with E-state index in [-0.39, 0.29) is 58.9 Å². The number of alkyl carbamates (subject to hydrolysis) is 1. The summed E-state index contributed by atoms with van der Waals surface area (Å²) in [5.41, 5.74) is 9.08. The predicted molar refractivity (Wildman–Crippen MR) is 307 cm³/mol. The Morgan fingerprint density at radius 3 is 2.42 bits per heavy atom. The van der Waals surface area contributed by atoms with Crippen molar-refractivity contribution in [2.45, 2.75) is 114 Å². The number of aromatic nitrogens is 3. The second-order valence-electron chi connectivity index (χ2n) is 19.5. The van der Waals surface area contributed by atoms with Crippen molar-refractivity contribution in [3.05, 3.63) is 83.8 Å². The summed E-state index contributed by atoms with van der Waals surface area (Å²) in [6.07, 6.45) is 9.10. The van der Waals surface area contributed by atoms with Crippen LogP contribution >= 0.6 is 66.6 Å². The lowest BCUT2D eigenvalue weighted by molar-refractivity contribution is -0.0520. The van der Waals surface area contributed by atoms with Gasteiger partial charge in [0.2, 0.25) is 0 Å². The number of ether oxygens (including phenoxy) is 4. The number of amides is 2. The lowest BCUT2D eigenvalue weighted by Crippen LogP contribution is -2.35. The van der Waals surface area contributed by atoms with Crippen molar-refractivity contribution in [2.75, 3.05) is 43.9 Å². The molecule has 2 amide bonds. The van der Waals surface area contributed by atoms with Gasteiger partial charge >= 0.3 is 29.6 Å². The van der Waals surface area contributed by atoms with Gasteiger partial charge in [-0.15, -0.1) is 5.11 Å². The molecule has 80 heavy (non-hydrogen) atoms. The van der Waals surface area contributed by atoms with Crippen molar-refractivity contribution >= 4 is 107 Å². The topological polar surface area (TPSA) is 357 Å². The monoisotopic (exact) mass is 1250 g/mol. The van der Waals surface area contributed by atoms with Crippen LogP contribution in [0, 0.1) is 11.8 Å². The molecule has 32 heteroatoms. The molecule has 1 aliphatic heterocycles. The molecule has 0 radical (unpaired) electrons. The number of fused-ring (bicyclic) bond motifs is 1. The van der Waals surface area contributed by atoms with E-state index in [4.69, 9.17) is 39.0 Å². The van der Waals surface area contributed by atoms with Crippen LogP contribution < -0.4 is 16.4 Å². The average molecular weight is 1250 g/mol. The van der Waals surface area contributed by atoms with Crippen LogP contribution in [0.25, 0.3) is 11.0 Å². The van der Waals surface area contributed by atoms with E-state index in [1.165, 1.54) is 44.8 Å². The fourth-order valence-corrected chi connectivity index (χ4v) is 14.8. The van der Waals surface area contributed by atoms with Crippen LogP contribution in [0.4, 0.5) is 22.0 Å². The molecule has 0 bridgehead atoms. The Morgan fingerprint density at radius 1 is 0.925 bits per heavy atom. The van der Waals surface area contributed by atoms with Crippen LogP contribution in [-0.2, 0) is 52.2 Å². The number of phosphoric acid groups is 3. The van der Waals surface area contributed by atoms with E-state index in [2.05, 4.69) is 63.4 Å². The summed E-state index contributed by atoms with van der Waals surface area (Å²) in [6, 6.07) is 11.5. The zero-order valence-electron chi connectivity index (χ0n) is 44.3. The zero-order valence-corrected chi connectivity index (χ0v) is 50.2.